The van der Waals surface area contributed by atoms with E-state index in [1.807, 2.05) is 13.1 Å². The molecule has 1 fully saturated rings. The van der Waals surface area contributed by atoms with Crippen LogP contribution in [0.15, 0.2) is 48.7 Å². The van der Waals surface area contributed by atoms with Crippen LogP contribution in [0.1, 0.15) is 5.69 Å². The lowest BCUT2D eigenvalue weighted by Crippen LogP contribution is -2.46. The monoisotopic (exact) mass is 253 g/mol. The maximum Gasteiger partial charge on any atom is 0.0401 e. The van der Waals surface area contributed by atoms with Gasteiger partial charge in [-0.15, -0.1) is 0 Å². The Labute approximate surface area is 114 Å². The number of aromatic nitrogens is 1. The lowest BCUT2D eigenvalue weighted by Gasteiger charge is -2.37. The van der Waals surface area contributed by atoms with Crippen molar-refractivity contribution in [3.05, 3.63) is 54.4 Å². The number of anilines is 2. The molecule has 0 amide bonds. The van der Waals surface area contributed by atoms with Gasteiger partial charge in [0.05, 0.1) is 0 Å². The van der Waals surface area contributed by atoms with Gasteiger partial charge in [-0.2, -0.15) is 0 Å². The molecule has 0 N–H and O–H groups in total. The van der Waals surface area contributed by atoms with Crippen LogP contribution in [-0.2, 0) is 0 Å². The van der Waals surface area contributed by atoms with E-state index in [9.17, 15) is 0 Å². The highest BCUT2D eigenvalue weighted by atomic mass is 15.3. The summed E-state index contributed by atoms with van der Waals surface area (Å²) in [6, 6.07) is 14.9. The average molecular weight is 253 g/mol. The van der Waals surface area contributed by atoms with Crippen LogP contribution in [0.5, 0.6) is 0 Å². The molecule has 1 aliphatic rings. The first-order valence-corrected chi connectivity index (χ1v) is 6.80. The Morgan fingerprint density at radius 2 is 1.47 bits per heavy atom. The molecule has 19 heavy (non-hydrogen) atoms. The fourth-order valence-corrected chi connectivity index (χ4v) is 2.59. The van der Waals surface area contributed by atoms with Gasteiger partial charge in [-0.1, -0.05) is 18.2 Å². The summed E-state index contributed by atoms with van der Waals surface area (Å²) in [6.45, 7) is 6.33. The number of hydrogen-bond donors (Lipinski definition) is 0. The van der Waals surface area contributed by atoms with Gasteiger partial charge in [-0.25, -0.2) is 0 Å². The van der Waals surface area contributed by atoms with E-state index in [-0.39, 0.29) is 0 Å². The summed E-state index contributed by atoms with van der Waals surface area (Å²) in [5.41, 5.74) is 3.70. The molecule has 0 atom stereocenters. The van der Waals surface area contributed by atoms with Crippen LogP contribution in [0.25, 0.3) is 0 Å². The fraction of sp³-hybridized carbons (Fsp3) is 0.312. The van der Waals surface area contributed by atoms with Gasteiger partial charge in [0, 0.05) is 49.4 Å². The predicted octanol–water partition coefficient (Wildman–Crippen LogP) is 2.72. The van der Waals surface area contributed by atoms with E-state index in [0.29, 0.717) is 0 Å². The minimum atomic E-state index is 1.07. The van der Waals surface area contributed by atoms with Gasteiger partial charge in [-0.3, -0.25) is 4.98 Å². The number of para-hydroxylation sites is 1. The third-order valence-electron chi connectivity index (χ3n) is 3.65. The Balaban J connectivity index is 1.67. The topological polar surface area (TPSA) is 19.4 Å². The zero-order valence-corrected chi connectivity index (χ0v) is 11.3. The summed E-state index contributed by atoms with van der Waals surface area (Å²) in [6.07, 6.45) is 1.90. The standard InChI is InChI=1S/C16H19N3/c1-14-13-16(7-8-17-14)19-11-9-18(10-12-19)15-5-3-2-4-6-15/h2-8,13H,9-12H2,1H3. The molecule has 3 heteroatoms. The first-order valence-electron chi connectivity index (χ1n) is 6.80. The van der Waals surface area contributed by atoms with Crippen molar-refractivity contribution < 1.29 is 0 Å². The van der Waals surface area contributed by atoms with Crippen molar-refractivity contribution in [1.82, 2.24) is 4.98 Å². The zero-order valence-electron chi connectivity index (χ0n) is 11.3. The van der Waals surface area contributed by atoms with E-state index in [4.69, 9.17) is 0 Å². The molecule has 0 radical (unpaired) electrons. The molecule has 0 saturated carbocycles. The van der Waals surface area contributed by atoms with E-state index in [1.54, 1.807) is 0 Å². The smallest absolute Gasteiger partial charge is 0.0401 e. The summed E-state index contributed by atoms with van der Waals surface area (Å²) >= 11 is 0. The largest absolute Gasteiger partial charge is 0.368 e. The van der Waals surface area contributed by atoms with E-state index < -0.39 is 0 Å². The van der Waals surface area contributed by atoms with E-state index >= 15 is 0 Å². The lowest BCUT2D eigenvalue weighted by molar-refractivity contribution is 0.653. The second-order valence-corrected chi connectivity index (χ2v) is 4.97. The van der Waals surface area contributed by atoms with Crippen LogP contribution in [0.4, 0.5) is 11.4 Å². The fourth-order valence-electron chi connectivity index (χ4n) is 2.59. The van der Waals surface area contributed by atoms with Gasteiger partial charge < -0.3 is 9.80 Å². The number of benzene rings is 1. The summed E-state index contributed by atoms with van der Waals surface area (Å²) < 4.78 is 0. The van der Waals surface area contributed by atoms with Crippen molar-refractivity contribution in [3.63, 3.8) is 0 Å². The zero-order chi connectivity index (χ0) is 13.1. The minimum absolute atomic E-state index is 1.07. The van der Waals surface area contributed by atoms with Gasteiger partial charge in [0.15, 0.2) is 0 Å². The summed E-state index contributed by atoms with van der Waals surface area (Å²) in [7, 11) is 0. The Bertz CT molecular complexity index is 531. The summed E-state index contributed by atoms with van der Waals surface area (Å²) in [5.74, 6) is 0. The maximum atomic E-state index is 4.26. The number of rotatable bonds is 2. The Hall–Kier alpha value is -2.03. The van der Waals surface area contributed by atoms with Gasteiger partial charge >= 0.3 is 0 Å². The number of piperazine rings is 1. The van der Waals surface area contributed by atoms with Crippen LogP contribution >= 0.6 is 0 Å². The quantitative estimate of drug-likeness (QED) is 0.820. The molecule has 0 unspecified atom stereocenters. The van der Waals surface area contributed by atoms with Crippen LogP contribution in [-0.4, -0.2) is 31.2 Å². The van der Waals surface area contributed by atoms with Gasteiger partial charge in [-0.05, 0) is 31.2 Å². The normalized spacial score (nSPS) is 15.6. The Morgan fingerprint density at radius 3 is 2.11 bits per heavy atom. The molecule has 0 aliphatic carbocycles. The van der Waals surface area contributed by atoms with Crippen molar-refractivity contribution in [1.29, 1.82) is 0 Å². The van der Waals surface area contributed by atoms with Crippen LogP contribution in [0.3, 0.4) is 0 Å². The molecule has 1 aromatic heterocycles. The molecular weight excluding hydrogens is 234 g/mol. The minimum Gasteiger partial charge on any atom is -0.368 e. The molecule has 3 rings (SSSR count). The molecule has 1 aromatic carbocycles. The first-order chi connectivity index (χ1) is 9.33. The molecule has 0 bridgehead atoms. The number of aryl methyl sites for hydroxylation is 1. The predicted molar refractivity (Wildman–Crippen MR) is 79.8 cm³/mol. The van der Waals surface area contributed by atoms with Crippen molar-refractivity contribution >= 4 is 11.4 Å². The number of hydrogen-bond acceptors (Lipinski definition) is 3. The highest BCUT2D eigenvalue weighted by Crippen LogP contribution is 2.20. The molecule has 2 aromatic rings. The highest BCUT2D eigenvalue weighted by molar-refractivity contribution is 5.51. The molecular formula is C16H19N3. The molecule has 1 aliphatic heterocycles. The number of nitrogens with zero attached hydrogens (tertiary/aromatic N) is 3. The van der Waals surface area contributed by atoms with E-state index in [0.717, 1.165) is 31.9 Å². The Morgan fingerprint density at radius 1 is 0.842 bits per heavy atom. The second kappa shape index (κ2) is 5.31. The maximum absolute atomic E-state index is 4.26. The highest BCUT2D eigenvalue weighted by Gasteiger charge is 2.17. The summed E-state index contributed by atoms with van der Waals surface area (Å²) in [4.78, 5) is 9.15. The van der Waals surface area contributed by atoms with Gasteiger partial charge in [0.25, 0.3) is 0 Å². The molecule has 0 spiro atoms. The third-order valence-corrected chi connectivity index (χ3v) is 3.65. The van der Waals surface area contributed by atoms with Crippen LogP contribution in [0.2, 0.25) is 0 Å². The van der Waals surface area contributed by atoms with E-state index in [2.05, 4.69) is 57.2 Å². The molecule has 1 saturated heterocycles. The third kappa shape index (κ3) is 2.70. The van der Waals surface area contributed by atoms with Gasteiger partial charge in [0.1, 0.15) is 0 Å². The van der Waals surface area contributed by atoms with Crippen molar-refractivity contribution in [3.8, 4) is 0 Å². The van der Waals surface area contributed by atoms with Crippen LogP contribution < -0.4 is 9.80 Å². The SMILES string of the molecule is Cc1cc(N2CCN(c3ccccc3)CC2)ccn1. The average Bonchev–Trinajstić information content (AvgIpc) is 2.48. The molecule has 2 heterocycles. The lowest BCUT2D eigenvalue weighted by atomic mass is 10.2. The van der Waals surface area contributed by atoms with Gasteiger partial charge in [0.2, 0.25) is 0 Å². The van der Waals surface area contributed by atoms with E-state index in [1.165, 1.54) is 11.4 Å². The second-order valence-electron chi connectivity index (χ2n) is 4.97. The summed E-state index contributed by atoms with van der Waals surface area (Å²) in [5, 5.41) is 0. The van der Waals surface area contributed by atoms with Crippen molar-refractivity contribution in [2.75, 3.05) is 36.0 Å². The van der Waals surface area contributed by atoms with Crippen molar-refractivity contribution in [2.24, 2.45) is 0 Å². The molecule has 98 valence electrons. The first kappa shape index (κ1) is 12.0. The van der Waals surface area contributed by atoms with Crippen LogP contribution in [0, 0.1) is 6.92 Å². The Kier molecular flexibility index (Phi) is 3.36. The number of pyridine rings is 1. The molecule has 3 nitrogen and oxygen atoms in total. The van der Waals surface area contributed by atoms with Crippen molar-refractivity contribution in [2.45, 2.75) is 6.92 Å².